The van der Waals surface area contributed by atoms with Gasteiger partial charge in [-0.25, -0.2) is 9.78 Å². The number of rotatable bonds is 7. The van der Waals surface area contributed by atoms with E-state index in [0.29, 0.717) is 27.9 Å². The highest BCUT2D eigenvalue weighted by atomic mass is 35.5. The number of anilines is 2. The maximum Gasteiger partial charge on any atom is 0.417 e. The Balaban J connectivity index is 1.33. The first-order valence-electron chi connectivity index (χ1n) is 17.5. The van der Waals surface area contributed by atoms with Crippen molar-refractivity contribution in [3.8, 4) is 11.5 Å². The van der Waals surface area contributed by atoms with Crippen LogP contribution >= 0.6 is 23.2 Å². The molecule has 0 spiro atoms. The summed E-state index contributed by atoms with van der Waals surface area (Å²) in [5.41, 5.74) is 0.213. The van der Waals surface area contributed by atoms with Gasteiger partial charge in [-0.15, -0.1) is 0 Å². The molecular formula is C40H29Cl2F3N4O8. The maximum atomic E-state index is 15.4. The van der Waals surface area contributed by atoms with Crippen LogP contribution in [0.1, 0.15) is 45.8 Å². The van der Waals surface area contributed by atoms with Crippen molar-refractivity contribution in [3.63, 3.8) is 0 Å². The lowest BCUT2D eigenvalue weighted by atomic mass is 9.49. The summed E-state index contributed by atoms with van der Waals surface area (Å²) >= 11 is 12.6. The Kier molecular flexibility index (Phi) is 9.08. The Morgan fingerprint density at radius 1 is 0.965 bits per heavy atom. The van der Waals surface area contributed by atoms with Gasteiger partial charge >= 0.3 is 12.1 Å². The van der Waals surface area contributed by atoms with E-state index in [-0.39, 0.29) is 46.7 Å². The number of carbonyl (C=O) groups excluding carboxylic acids is 4. The summed E-state index contributed by atoms with van der Waals surface area (Å²) in [6.07, 6.45) is -2.72. The molecule has 2 saturated heterocycles. The third kappa shape index (κ3) is 5.73. The Bertz CT molecular complexity index is 2440. The highest BCUT2D eigenvalue weighted by molar-refractivity contribution is 6.33. The number of imide groups is 2. The third-order valence-electron chi connectivity index (χ3n) is 11.5. The number of alkyl halides is 3. The number of carboxylic acids is 1. The van der Waals surface area contributed by atoms with Gasteiger partial charge in [-0.05, 0) is 72.9 Å². The number of phenolic OH excluding ortho intramolecular Hbond substituents is 1. The van der Waals surface area contributed by atoms with E-state index in [2.05, 4.69) is 10.4 Å². The lowest BCUT2D eigenvalue weighted by Crippen LogP contribution is -2.53. The van der Waals surface area contributed by atoms with Crippen molar-refractivity contribution in [3.05, 3.63) is 123 Å². The second kappa shape index (κ2) is 13.6. The molecule has 0 unspecified atom stereocenters. The van der Waals surface area contributed by atoms with Crippen molar-refractivity contribution in [1.29, 1.82) is 0 Å². The van der Waals surface area contributed by atoms with E-state index in [1.807, 2.05) is 0 Å². The summed E-state index contributed by atoms with van der Waals surface area (Å²) in [4.78, 5) is 75.4. The molecule has 4 aromatic rings. The smallest absolute Gasteiger partial charge is 0.417 e. The number of aromatic nitrogens is 1. The Labute approximate surface area is 331 Å². The van der Waals surface area contributed by atoms with Gasteiger partial charge in [0, 0.05) is 22.7 Å². The SMILES string of the molecule is COc1cccc(O)c1[C@H]1C2=CC[C@@H]3C(=O)N(c4cccc(C(=O)O)c4)C(=O)[C@@H]3[C@@H]2C[C@H]2C(=O)N(Nc3ncc(C(F)(F)F)cc3Cl)C(=O)[C@@]12c1ccc(Cl)cc1. The highest BCUT2D eigenvalue weighted by Gasteiger charge is 2.71. The normalized spacial score (nSPS) is 25.5. The van der Waals surface area contributed by atoms with Gasteiger partial charge in [-0.3, -0.25) is 29.5 Å². The number of nitrogens with one attached hydrogen (secondary N) is 1. The van der Waals surface area contributed by atoms with Crippen molar-refractivity contribution < 1.29 is 52.1 Å². The van der Waals surface area contributed by atoms with Crippen LogP contribution in [0.15, 0.2) is 90.6 Å². The molecule has 4 amide bonds. The fourth-order valence-corrected chi connectivity index (χ4v) is 9.46. The van der Waals surface area contributed by atoms with Crippen molar-refractivity contribution in [1.82, 2.24) is 9.99 Å². The van der Waals surface area contributed by atoms with E-state index in [1.54, 1.807) is 24.3 Å². The van der Waals surface area contributed by atoms with Gasteiger partial charge in [0.2, 0.25) is 11.8 Å². The zero-order chi connectivity index (χ0) is 40.7. The second-order valence-corrected chi connectivity index (χ2v) is 15.0. The minimum Gasteiger partial charge on any atom is -0.508 e. The molecule has 1 aromatic heterocycles. The number of carboxylic acid groups (broad SMARTS) is 1. The highest BCUT2D eigenvalue weighted by Crippen LogP contribution is 2.66. The van der Waals surface area contributed by atoms with Gasteiger partial charge in [0.1, 0.15) is 11.5 Å². The first kappa shape index (κ1) is 38.0. The van der Waals surface area contributed by atoms with Crippen molar-refractivity contribution in [2.24, 2.45) is 23.7 Å². The van der Waals surface area contributed by atoms with Gasteiger partial charge in [0.05, 0.1) is 52.1 Å². The van der Waals surface area contributed by atoms with Gasteiger partial charge in [0.25, 0.3) is 11.8 Å². The molecule has 3 fully saturated rings. The van der Waals surface area contributed by atoms with Crippen LogP contribution in [0.25, 0.3) is 0 Å². The fraction of sp³-hybridized carbons (Fsp3) is 0.250. The number of allylic oxidation sites excluding steroid dienone is 2. The fourth-order valence-electron chi connectivity index (χ4n) is 9.13. The standard InChI is InChI=1S/C40H29Cl2F3N4O8/c1-57-29-7-3-6-28(50)31(29)32-23-12-13-24-30(36(53)48(34(24)51)22-5-2-4-18(14-22)37(54)55)25(23)16-26-35(52)49(38(56)39(26,32)19-8-10-21(41)11-9-19)47-33-27(42)15-20(17-46-33)40(43,44)45/h2-12,14-15,17,24-26,30,32,50H,13,16H2,1H3,(H,46,47)(H,54,55)/t24-,25+,26-,30-,32+,39+/m0/s1. The predicted octanol–water partition coefficient (Wildman–Crippen LogP) is 7.01. The number of methoxy groups -OCH3 is 1. The molecule has 2 aliphatic heterocycles. The van der Waals surface area contributed by atoms with Gasteiger partial charge in [-0.1, -0.05) is 59.1 Å². The van der Waals surface area contributed by atoms with Gasteiger partial charge in [-0.2, -0.15) is 18.2 Å². The molecule has 3 N–H and O–H groups in total. The number of ether oxygens (including phenoxy) is 1. The summed E-state index contributed by atoms with van der Waals surface area (Å²) in [6, 6.07) is 16.6. The van der Waals surface area contributed by atoms with Crippen LogP contribution in [-0.4, -0.2) is 56.9 Å². The van der Waals surface area contributed by atoms with Crippen LogP contribution in [0, 0.1) is 23.7 Å². The minimum atomic E-state index is -4.79. The number of nitrogens with zero attached hydrogens (tertiary/aromatic N) is 3. The van der Waals surface area contributed by atoms with E-state index in [9.17, 15) is 42.6 Å². The zero-order valence-corrected chi connectivity index (χ0v) is 31.0. The molecule has 0 bridgehead atoms. The quantitative estimate of drug-likeness (QED) is 0.130. The molecule has 3 heterocycles. The number of carbonyl (C=O) groups is 5. The maximum absolute atomic E-state index is 15.4. The number of phenols is 1. The Hall–Kier alpha value is -5.93. The van der Waals surface area contributed by atoms with Crippen LogP contribution in [-0.2, 0) is 30.8 Å². The lowest BCUT2D eigenvalue weighted by molar-refractivity contribution is -0.139. The topological polar surface area (TPSA) is 166 Å². The summed E-state index contributed by atoms with van der Waals surface area (Å²) in [5.74, 6) is -10.3. The third-order valence-corrected chi connectivity index (χ3v) is 12.0. The van der Waals surface area contributed by atoms with Gasteiger partial charge in [0.15, 0.2) is 5.82 Å². The Morgan fingerprint density at radius 2 is 1.68 bits per heavy atom. The number of benzene rings is 3. The summed E-state index contributed by atoms with van der Waals surface area (Å²) < 4.78 is 46.2. The van der Waals surface area contributed by atoms with E-state index in [1.165, 1.54) is 55.6 Å². The average molecular weight is 822 g/mol. The van der Waals surface area contributed by atoms with E-state index >= 15 is 4.79 Å². The molecule has 0 radical (unpaired) electrons. The van der Waals surface area contributed by atoms with Crippen LogP contribution < -0.4 is 15.1 Å². The molecule has 57 heavy (non-hydrogen) atoms. The number of aromatic hydroxyl groups is 1. The zero-order valence-electron chi connectivity index (χ0n) is 29.5. The number of halogens is 5. The van der Waals surface area contributed by atoms with Crippen LogP contribution in [0.4, 0.5) is 24.7 Å². The lowest BCUT2D eigenvalue weighted by Gasteiger charge is -2.50. The van der Waals surface area contributed by atoms with Crippen LogP contribution in [0.5, 0.6) is 11.5 Å². The average Bonchev–Trinajstić information content (AvgIpc) is 3.56. The molecule has 6 atom stereocenters. The molecule has 12 nitrogen and oxygen atoms in total. The van der Waals surface area contributed by atoms with E-state index < -0.39 is 87.2 Å². The van der Waals surface area contributed by atoms with Gasteiger partial charge < -0.3 is 14.9 Å². The van der Waals surface area contributed by atoms with E-state index in [4.69, 9.17) is 27.9 Å². The Morgan fingerprint density at radius 3 is 2.35 bits per heavy atom. The summed E-state index contributed by atoms with van der Waals surface area (Å²) in [6.45, 7) is 0. The van der Waals surface area contributed by atoms with Crippen LogP contribution in [0.3, 0.4) is 0 Å². The first-order valence-corrected chi connectivity index (χ1v) is 18.3. The van der Waals surface area contributed by atoms with Crippen LogP contribution in [0.2, 0.25) is 10.0 Å². The van der Waals surface area contributed by atoms with Crippen molar-refractivity contribution in [2.45, 2.75) is 30.4 Å². The number of hydrazine groups is 1. The summed E-state index contributed by atoms with van der Waals surface area (Å²) in [5, 5.41) is 21.7. The minimum absolute atomic E-state index is 0.0130. The number of hydrogen-bond donors (Lipinski definition) is 3. The molecule has 3 aromatic carbocycles. The van der Waals surface area contributed by atoms with E-state index in [0.717, 1.165) is 4.90 Å². The molecule has 8 rings (SSSR count). The number of hydrogen-bond acceptors (Lipinski definition) is 9. The number of amides is 4. The summed E-state index contributed by atoms with van der Waals surface area (Å²) in [7, 11) is 1.35. The first-order chi connectivity index (χ1) is 27.1. The molecule has 2 aliphatic carbocycles. The number of pyridine rings is 1. The second-order valence-electron chi connectivity index (χ2n) is 14.2. The largest absolute Gasteiger partial charge is 0.508 e. The van der Waals surface area contributed by atoms with Crippen molar-refractivity contribution in [2.75, 3.05) is 17.4 Å². The molecule has 17 heteroatoms. The molecule has 4 aliphatic rings. The monoisotopic (exact) mass is 820 g/mol. The predicted molar refractivity (Wildman–Crippen MR) is 197 cm³/mol. The van der Waals surface area contributed by atoms with Crippen molar-refractivity contribution >= 4 is 64.3 Å². The molecule has 1 saturated carbocycles. The molecular weight excluding hydrogens is 792 g/mol. The number of fused-ring (bicyclic) bond motifs is 4. The number of aromatic carboxylic acids is 1. The molecule has 292 valence electrons.